The highest BCUT2D eigenvalue weighted by atomic mass is 15.0. The molecule has 0 aliphatic heterocycles. The van der Waals surface area contributed by atoms with Crippen molar-refractivity contribution in [1.82, 2.24) is 15.0 Å². The lowest BCUT2D eigenvalue weighted by Gasteiger charge is -2.02. The van der Waals surface area contributed by atoms with E-state index in [1.807, 2.05) is 13.0 Å². The van der Waals surface area contributed by atoms with Gasteiger partial charge in [-0.2, -0.15) is 0 Å². The molecule has 0 atom stereocenters. The maximum atomic E-state index is 4.58. The van der Waals surface area contributed by atoms with Crippen molar-refractivity contribution in [2.75, 3.05) is 0 Å². The van der Waals surface area contributed by atoms with Crippen LogP contribution in [0.1, 0.15) is 49.2 Å². The highest BCUT2D eigenvalue weighted by Gasteiger charge is 2.03. The van der Waals surface area contributed by atoms with E-state index in [1.165, 1.54) is 44.1 Å². The second-order valence-electron chi connectivity index (χ2n) is 6.26. The van der Waals surface area contributed by atoms with Crippen LogP contribution in [0, 0.1) is 6.92 Å². The molecular formula is C20H25N3. The first-order valence-electron chi connectivity index (χ1n) is 8.67. The van der Waals surface area contributed by atoms with Crippen LogP contribution in [0.25, 0.3) is 11.2 Å². The van der Waals surface area contributed by atoms with Crippen molar-refractivity contribution in [2.45, 2.75) is 51.9 Å². The third kappa shape index (κ3) is 4.65. The molecule has 0 amide bonds. The number of benzene rings is 1. The van der Waals surface area contributed by atoms with Gasteiger partial charge >= 0.3 is 0 Å². The minimum atomic E-state index is 0.850. The monoisotopic (exact) mass is 307 g/mol. The molecule has 120 valence electrons. The Morgan fingerprint density at radius 2 is 1.52 bits per heavy atom. The first kappa shape index (κ1) is 15.7. The predicted octanol–water partition coefficient (Wildman–Crippen LogP) is 5.00. The molecule has 1 aromatic carbocycles. The summed E-state index contributed by atoms with van der Waals surface area (Å²) in [7, 11) is 0. The molecule has 3 heteroatoms. The number of fused-ring (bicyclic) bond motifs is 1. The van der Waals surface area contributed by atoms with Crippen molar-refractivity contribution in [2.24, 2.45) is 0 Å². The van der Waals surface area contributed by atoms with Gasteiger partial charge in [0.15, 0.2) is 5.65 Å². The molecule has 0 aliphatic carbocycles. The van der Waals surface area contributed by atoms with Gasteiger partial charge in [0.25, 0.3) is 0 Å². The maximum absolute atomic E-state index is 4.58. The van der Waals surface area contributed by atoms with Crippen molar-refractivity contribution in [3.63, 3.8) is 0 Å². The van der Waals surface area contributed by atoms with E-state index in [-0.39, 0.29) is 0 Å². The van der Waals surface area contributed by atoms with Crippen molar-refractivity contribution < 1.29 is 0 Å². The molecule has 0 saturated heterocycles. The average Bonchev–Trinajstić information content (AvgIpc) is 2.96. The van der Waals surface area contributed by atoms with Crippen molar-refractivity contribution in [3.8, 4) is 0 Å². The fourth-order valence-corrected chi connectivity index (χ4v) is 2.95. The first-order chi connectivity index (χ1) is 11.3. The maximum Gasteiger partial charge on any atom is 0.177 e. The molecule has 23 heavy (non-hydrogen) atoms. The lowest BCUT2D eigenvalue weighted by atomic mass is 10.0. The molecule has 0 unspecified atom stereocenters. The van der Waals surface area contributed by atoms with Crippen LogP contribution in [0.4, 0.5) is 0 Å². The van der Waals surface area contributed by atoms with Crippen LogP contribution < -0.4 is 0 Å². The highest BCUT2D eigenvalue weighted by molar-refractivity contribution is 5.70. The van der Waals surface area contributed by atoms with Gasteiger partial charge in [-0.3, -0.25) is 0 Å². The number of hydrogen-bond acceptors (Lipinski definition) is 2. The SMILES string of the molecule is Cc1ccc2[nH]c(CCCCCCCc3ccccc3)nc2n1. The van der Waals surface area contributed by atoms with E-state index in [0.717, 1.165) is 29.1 Å². The van der Waals surface area contributed by atoms with Gasteiger partial charge in [0.1, 0.15) is 5.82 Å². The third-order valence-corrected chi connectivity index (χ3v) is 4.26. The normalized spacial score (nSPS) is 11.2. The van der Waals surface area contributed by atoms with Gasteiger partial charge in [0.2, 0.25) is 0 Å². The summed E-state index contributed by atoms with van der Waals surface area (Å²) in [6, 6.07) is 14.9. The number of hydrogen-bond donors (Lipinski definition) is 1. The summed E-state index contributed by atoms with van der Waals surface area (Å²) in [6.45, 7) is 2.00. The second-order valence-corrected chi connectivity index (χ2v) is 6.26. The zero-order valence-electron chi connectivity index (χ0n) is 13.9. The van der Waals surface area contributed by atoms with Crippen LogP contribution in [0.5, 0.6) is 0 Å². The minimum Gasteiger partial charge on any atom is -0.341 e. The molecule has 0 radical (unpaired) electrons. The van der Waals surface area contributed by atoms with Gasteiger partial charge in [0.05, 0.1) is 5.52 Å². The van der Waals surface area contributed by atoms with E-state index in [4.69, 9.17) is 0 Å². The molecule has 1 N–H and O–H groups in total. The summed E-state index contributed by atoms with van der Waals surface area (Å²) in [5.41, 5.74) is 4.38. The zero-order valence-corrected chi connectivity index (χ0v) is 13.9. The zero-order chi connectivity index (χ0) is 15.9. The molecular weight excluding hydrogens is 282 g/mol. The van der Waals surface area contributed by atoms with Crippen LogP contribution in [0.15, 0.2) is 42.5 Å². The molecule has 3 nitrogen and oxygen atoms in total. The topological polar surface area (TPSA) is 41.6 Å². The summed E-state index contributed by atoms with van der Waals surface area (Å²) in [4.78, 5) is 12.4. The summed E-state index contributed by atoms with van der Waals surface area (Å²) >= 11 is 0. The van der Waals surface area contributed by atoms with E-state index in [0.29, 0.717) is 0 Å². The second kappa shape index (κ2) is 7.91. The average molecular weight is 307 g/mol. The molecule has 0 spiro atoms. The van der Waals surface area contributed by atoms with Crippen molar-refractivity contribution >= 4 is 11.2 Å². The predicted molar refractivity (Wildman–Crippen MR) is 95.6 cm³/mol. The van der Waals surface area contributed by atoms with Gasteiger partial charge < -0.3 is 4.98 Å². The Labute approximate surface area is 138 Å². The number of aromatic nitrogens is 3. The number of H-pyrrole nitrogens is 1. The van der Waals surface area contributed by atoms with Gasteiger partial charge in [-0.05, 0) is 43.9 Å². The number of nitrogens with zero attached hydrogens (tertiary/aromatic N) is 2. The van der Waals surface area contributed by atoms with Gasteiger partial charge in [-0.25, -0.2) is 9.97 Å². The Hall–Kier alpha value is -2.16. The standard InChI is InChI=1S/C20H25N3/c1-16-14-15-18-20(21-16)23-19(22-18)13-9-4-2-3-6-10-17-11-7-5-8-12-17/h5,7-8,11-12,14-15H,2-4,6,9-10,13H2,1H3,(H,21,22,23). The van der Waals surface area contributed by atoms with E-state index < -0.39 is 0 Å². The fraction of sp³-hybridized carbons (Fsp3) is 0.400. The molecule has 3 aromatic rings. The lowest BCUT2D eigenvalue weighted by Crippen LogP contribution is -1.90. The Morgan fingerprint density at radius 1 is 0.783 bits per heavy atom. The summed E-state index contributed by atoms with van der Waals surface area (Å²) < 4.78 is 0. The largest absolute Gasteiger partial charge is 0.341 e. The summed E-state index contributed by atoms with van der Waals surface area (Å²) in [5, 5.41) is 0. The minimum absolute atomic E-state index is 0.850. The molecule has 0 saturated carbocycles. The number of imidazole rings is 1. The highest BCUT2D eigenvalue weighted by Crippen LogP contribution is 2.13. The van der Waals surface area contributed by atoms with Crippen LogP contribution >= 0.6 is 0 Å². The lowest BCUT2D eigenvalue weighted by molar-refractivity contribution is 0.608. The number of unbranched alkanes of at least 4 members (excludes halogenated alkanes) is 4. The Kier molecular flexibility index (Phi) is 5.41. The molecule has 2 heterocycles. The van der Waals surface area contributed by atoms with E-state index in [9.17, 15) is 0 Å². The smallest absolute Gasteiger partial charge is 0.177 e. The number of rotatable bonds is 8. The molecule has 2 aromatic heterocycles. The summed E-state index contributed by atoms with van der Waals surface area (Å²) in [5.74, 6) is 1.07. The number of nitrogens with one attached hydrogen (secondary N) is 1. The third-order valence-electron chi connectivity index (χ3n) is 4.26. The van der Waals surface area contributed by atoms with E-state index in [1.54, 1.807) is 0 Å². The van der Waals surface area contributed by atoms with Crippen LogP contribution in [-0.4, -0.2) is 15.0 Å². The number of aryl methyl sites for hydroxylation is 3. The van der Waals surface area contributed by atoms with E-state index >= 15 is 0 Å². The molecule has 3 rings (SSSR count). The molecule has 0 aliphatic rings. The van der Waals surface area contributed by atoms with Gasteiger partial charge in [-0.1, -0.05) is 49.6 Å². The van der Waals surface area contributed by atoms with Crippen LogP contribution in [0.2, 0.25) is 0 Å². The fourth-order valence-electron chi connectivity index (χ4n) is 2.95. The number of pyridine rings is 1. The van der Waals surface area contributed by atoms with Gasteiger partial charge in [0, 0.05) is 12.1 Å². The Bertz CT molecular complexity index is 731. The van der Waals surface area contributed by atoms with Crippen molar-refractivity contribution in [1.29, 1.82) is 0 Å². The van der Waals surface area contributed by atoms with Crippen LogP contribution in [-0.2, 0) is 12.8 Å². The summed E-state index contributed by atoms with van der Waals surface area (Å²) in [6.07, 6.45) is 8.62. The van der Waals surface area contributed by atoms with Gasteiger partial charge in [-0.15, -0.1) is 0 Å². The quantitative estimate of drug-likeness (QED) is 0.595. The Morgan fingerprint density at radius 3 is 2.35 bits per heavy atom. The van der Waals surface area contributed by atoms with Crippen molar-refractivity contribution in [3.05, 3.63) is 59.5 Å². The van der Waals surface area contributed by atoms with Crippen LogP contribution in [0.3, 0.4) is 0 Å². The Balaban J connectivity index is 1.33. The number of aromatic amines is 1. The molecule has 0 bridgehead atoms. The molecule has 0 fully saturated rings. The van der Waals surface area contributed by atoms with E-state index in [2.05, 4.69) is 51.4 Å². The first-order valence-corrected chi connectivity index (χ1v) is 8.67.